The van der Waals surface area contributed by atoms with Crippen LogP contribution in [0.15, 0.2) is 60.8 Å². The SMILES string of the molecule is CCc1cc(CC)n(-c2cccc(C(CC(=O)O)CN3CCC(CCc4ccc5cccnc5n4)C3)c2)n1. The van der Waals surface area contributed by atoms with E-state index in [0.29, 0.717) is 5.92 Å². The Kier molecular flexibility index (Phi) is 8.13. The lowest BCUT2D eigenvalue weighted by atomic mass is 9.94. The highest BCUT2D eigenvalue weighted by Gasteiger charge is 2.27. The smallest absolute Gasteiger partial charge is 0.304 e. The first kappa shape index (κ1) is 26.0. The predicted octanol–water partition coefficient (Wildman–Crippen LogP) is 5.45. The summed E-state index contributed by atoms with van der Waals surface area (Å²) in [5.74, 6) is -0.226. The van der Waals surface area contributed by atoms with Gasteiger partial charge in [0.2, 0.25) is 0 Å². The topological polar surface area (TPSA) is 84.1 Å². The highest BCUT2D eigenvalue weighted by molar-refractivity contribution is 5.74. The van der Waals surface area contributed by atoms with Crippen molar-refractivity contribution in [2.45, 2.75) is 58.3 Å². The number of fused-ring (bicyclic) bond motifs is 1. The number of likely N-dealkylation sites (tertiary alicyclic amines) is 1. The van der Waals surface area contributed by atoms with E-state index in [1.807, 2.05) is 22.9 Å². The summed E-state index contributed by atoms with van der Waals surface area (Å²) in [4.78, 5) is 23.4. The summed E-state index contributed by atoms with van der Waals surface area (Å²) in [6, 6.07) is 18.7. The molecule has 2 atom stereocenters. The minimum Gasteiger partial charge on any atom is -0.481 e. The van der Waals surface area contributed by atoms with Crippen molar-refractivity contribution in [2.24, 2.45) is 5.92 Å². The zero-order valence-corrected chi connectivity index (χ0v) is 22.4. The van der Waals surface area contributed by atoms with Crippen LogP contribution in [0.3, 0.4) is 0 Å². The maximum atomic E-state index is 11.8. The lowest BCUT2D eigenvalue weighted by molar-refractivity contribution is -0.137. The summed E-state index contributed by atoms with van der Waals surface area (Å²) in [5, 5.41) is 15.6. The fraction of sp³-hybridized carbons (Fsp3) is 0.419. The minimum absolute atomic E-state index is 0.0642. The van der Waals surface area contributed by atoms with Crippen molar-refractivity contribution in [3.05, 3.63) is 83.4 Å². The summed E-state index contributed by atoms with van der Waals surface area (Å²) < 4.78 is 2.02. The molecule has 1 saturated heterocycles. The highest BCUT2D eigenvalue weighted by Crippen LogP contribution is 2.28. The molecule has 38 heavy (non-hydrogen) atoms. The van der Waals surface area contributed by atoms with Gasteiger partial charge in [0, 0.05) is 42.0 Å². The number of aliphatic carboxylic acids is 1. The van der Waals surface area contributed by atoms with Gasteiger partial charge in [-0.05, 0) is 92.6 Å². The van der Waals surface area contributed by atoms with Crippen molar-refractivity contribution in [3.8, 4) is 5.69 Å². The van der Waals surface area contributed by atoms with Crippen LogP contribution in [-0.4, -0.2) is 55.4 Å². The van der Waals surface area contributed by atoms with Crippen LogP contribution in [0.25, 0.3) is 16.7 Å². The van der Waals surface area contributed by atoms with Crippen LogP contribution < -0.4 is 0 Å². The van der Waals surface area contributed by atoms with E-state index in [1.54, 1.807) is 6.20 Å². The Morgan fingerprint density at radius 3 is 2.79 bits per heavy atom. The van der Waals surface area contributed by atoms with Gasteiger partial charge in [-0.25, -0.2) is 14.6 Å². The molecule has 1 aromatic carbocycles. The number of aryl methyl sites for hydroxylation is 3. The Labute approximate surface area is 224 Å². The molecule has 2 unspecified atom stereocenters. The average Bonchev–Trinajstić information content (AvgIpc) is 3.58. The average molecular weight is 512 g/mol. The first-order valence-electron chi connectivity index (χ1n) is 13.8. The second kappa shape index (κ2) is 11.9. The molecular weight excluding hydrogens is 474 g/mol. The largest absolute Gasteiger partial charge is 0.481 e. The third kappa shape index (κ3) is 6.10. The molecule has 1 N–H and O–H groups in total. The van der Waals surface area contributed by atoms with Crippen molar-refractivity contribution >= 4 is 17.0 Å². The number of hydrogen-bond acceptors (Lipinski definition) is 5. The summed E-state index contributed by atoms with van der Waals surface area (Å²) in [6.07, 6.45) is 6.87. The molecule has 7 nitrogen and oxygen atoms in total. The number of carboxylic acid groups (broad SMARTS) is 1. The van der Waals surface area contributed by atoms with Crippen LogP contribution in [0.1, 0.15) is 61.7 Å². The van der Waals surface area contributed by atoms with E-state index in [4.69, 9.17) is 10.1 Å². The number of carboxylic acids is 1. The van der Waals surface area contributed by atoms with Gasteiger partial charge in [-0.15, -0.1) is 0 Å². The molecule has 5 rings (SSSR count). The van der Waals surface area contributed by atoms with Crippen molar-refractivity contribution < 1.29 is 9.90 Å². The van der Waals surface area contributed by atoms with Crippen LogP contribution >= 0.6 is 0 Å². The fourth-order valence-corrected chi connectivity index (χ4v) is 5.64. The van der Waals surface area contributed by atoms with Gasteiger partial charge in [-0.2, -0.15) is 5.10 Å². The van der Waals surface area contributed by atoms with Gasteiger partial charge in [-0.3, -0.25) is 4.79 Å². The van der Waals surface area contributed by atoms with Crippen molar-refractivity contribution in [2.75, 3.05) is 19.6 Å². The molecule has 0 aliphatic carbocycles. The Bertz CT molecular complexity index is 1400. The summed E-state index contributed by atoms with van der Waals surface area (Å²) >= 11 is 0. The van der Waals surface area contributed by atoms with E-state index in [1.165, 1.54) is 5.69 Å². The van der Waals surface area contributed by atoms with Crippen LogP contribution in [-0.2, 0) is 24.1 Å². The van der Waals surface area contributed by atoms with Crippen LogP contribution in [0.4, 0.5) is 0 Å². The Morgan fingerprint density at radius 1 is 1.08 bits per heavy atom. The van der Waals surface area contributed by atoms with Gasteiger partial charge in [0.05, 0.1) is 17.8 Å². The van der Waals surface area contributed by atoms with E-state index >= 15 is 0 Å². The number of rotatable bonds is 11. The van der Waals surface area contributed by atoms with Gasteiger partial charge in [0.15, 0.2) is 5.65 Å². The molecule has 0 bridgehead atoms. The molecule has 198 valence electrons. The number of pyridine rings is 2. The van der Waals surface area contributed by atoms with Crippen molar-refractivity contribution in [1.82, 2.24) is 24.6 Å². The van der Waals surface area contributed by atoms with Crippen LogP contribution in [0.5, 0.6) is 0 Å². The van der Waals surface area contributed by atoms with Gasteiger partial charge >= 0.3 is 5.97 Å². The van der Waals surface area contributed by atoms with E-state index in [9.17, 15) is 9.90 Å². The Morgan fingerprint density at radius 2 is 1.97 bits per heavy atom. The van der Waals surface area contributed by atoms with E-state index in [-0.39, 0.29) is 12.3 Å². The number of carbonyl (C=O) groups is 1. The standard InChI is InChI=1S/C31H37N5O2/c1-3-26-19-28(4-2)36(34-26)29-9-5-7-24(17-29)25(18-30(37)38)21-35-16-14-22(20-35)10-12-27-13-11-23-8-6-15-32-31(23)33-27/h5-9,11,13,15,17,19,22,25H,3-4,10,12,14,16,18,20-21H2,1-2H3,(H,37,38). The van der Waals surface area contributed by atoms with Gasteiger partial charge < -0.3 is 10.0 Å². The van der Waals surface area contributed by atoms with Gasteiger partial charge in [0.1, 0.15) is 0 Å². The third-order valence-electron chi connectivity index (χ3n) is 7.74. The monoisotopic (exact) mass is 511 g/mol. The lowest BCUT2D eigenvalue weighted by Crippen LogP contribution is -2.28. The van der Waals surface area contributed by atoms with Gasteiger partial charge in [-0.1, -0.05) is 26.0 Å². The number of aromatic nitrogens is 4. The zero-order chi connectivity index (χ0) is 26.5. The molecule has 0 amide bonds. The molecule has 1 fully saturated rings. The Hall–Kier alpha value is -3.58. The number of hydrogen-bond donors (Lipinski definition) is 1. The maximum Gasteiger partial charge on any atom is 0.304 e. The number of benzene rings is 1. The second-order valence-corrected chi connectivity index (χ2v) is 10.4. The van der Waals surface area contributed by atoms with E-state index < -0.39 is 5.97 Å². The summed E-state index contributed by atoms with van der Waals surface area (Å²) in [7, 11) is 0. The predicted molar refractivity (Wildman–Crippen MR) is 150 cm³/mol. The highest BCUT2D eigenvalue weighted by atomic mass is 16.4. The Balaban J connectivity index is 1.24. The number of nitrogens with zero attached hydrogens (tertiary/aromatic N) is 5. The molecule has 0 saturated carbocycles. The normalized spacial score (nSPS) is 16.7. The minimum atomic E-state index is -0.756. The molecule has 1 aliphatic rings. The van der Waals surface area contributed by atoms with Gasteiger partial charge in [0.25, 0.3) is 0 Å². The van der Waals surface area contributed by atoms with Crippen molar-refractivity contribution in [1.29, 1.82) is 0 Å². The molecule has 4 heterocycles. The molecule has 0 spiro atoms. The first-order valence-corrected chi connectivity index (χ1v) is 13.8. The molecule has 7 heteroatoms. The third-order valence-corrected chi connectivity index (χ3v) is 7.74. The second-order valence-electron chi connectivity index (χ2n) is 10.4. The van der Waals surface area contributed by atoms with Crippen molar-refractivity contribution in [3.63, 3.8) is 0 Å². The zero-order valence-electron chi connectivity index (χ0n) is 22.4. The molecule has 0 radical (unpaired) electrons. The molecule has 1 aliphatic heterocycles. The lowest BCUT2D eigenvalue weighted by Gasteiger charge is -2.24. The van der Waals surface area contributed by atoms with Crippen LogP contribution in [0, 0.1) is 5.92 Å². The molecular formula is C31H37N5O2. The van der Waals surface area contributed by atoms with Crippen LogP contribution in [0.2, 0.25) is 0 Å². The fourth-order valence-electron chi connectivity index (χ4n) is 5.64. The maximum absolute atomic E-state index is 11.8. The molecule has 4 aromatic rings. The summed E-state index contributed by atoms with van der Waals surface area (Å²) in [6.45, 7) is 7.02. The van der Waals surface area contributed by atoms with E-state index in [0.717, 1.165) is 85.4 Å². The quantitative estimate of drug-likeness (QED) is 0.288. The molecule has 3 aromatic heterocycles. The van der Waals surface area contributed by atoms with E-state index in [2.05, 4.69) is 60.1 Å². The summed E-state index contributed by atoms with van der Waals surface area (Å²) in [5.41, 5.74) is 6.22. The first-order chi connectivity index (χ1) is 18.5.